The van der Waals surface area contributed by atoms with Crippen LogP contribution >= 0.6 is 11.8 Å². The van der Waals surface area contributed by atoms with E-state index < -0.39 is 11.4 Å². The minimum atomic E-state index is -0.559. The SMILES string of the molecule is N[C@H]1CC[C@@H](n2c(=O)c3cc(F)cnc3n(C3CCSCC3)c2=O)CC1. The lowest BCUT2D eigenvalue weighted by Gasteiger charge is -2.30. The Hall–Kier alpha value is -1.67. The lowest BCUT2D eigenvalue weighted by molar-refractivity contribution is 0.301. The van der Waals surface area contributed by atoms with Crippen LogP contribution < -0.4 is 17.0 Å². The summed E-state index contributed by atoms with van der Waals surface area (Å²) in [5, 5.41) is 0.192. The smallest absolute Gasteiger partial charge is 0.328 e. The Kier molecular flexibility index (Phi) is 4.88. The normalized spacial score (nSPS) is 24.8. The number of nitrogens with two attached hydrogens (primary N) is 1. The molecule has 3 heterocycles. The van der Waals surface area contributed by atoms with E-state index in [-0.39, 0.29) is 29.2 Å². The molecule has 0 amide bonds. The van der Waals surface area contributed by atoms with Crippen molar-refractivity contribution >= 4 is 22.8 Å². The van der Waals surface area contributed by atoms with Gasteiger partial charge >= 0.3 is 5.69 Å². The Balaban J connectivity index is 1.93. The molecule has 1 aliphatic heterocycles. The number of halogens is 1. The fourth-order valence-electron chi connectivity index (χ4n) is 4.16. The van der Waals surface area contributed by atoms with Crippen molar-refractivity contribution in [3.63, 3.8) is 0 Å². The summed E-state index contributed by atoms with van der Waals surface area (Å²) in [6, 6.07) is 1.16. The molecule has 26 heavy (non-hydrogen) atoms. The second-order valence-corrected chi connectivity index (χ2v) is 8.49. The minimum Gasteiger partial charge on any atom is -0.328 e. The Bertz CT molecular complexity index is 927. The van der Waals surface area contributed by atoms with Gasteiger partial charge in [-0.1, -0.05) is 0 Å². The van der Waals surface area contributed by atoms with E-state index in [1.807, 2.05) is 11.8 Å². The number of aromatic nitrogens is 3. The van der Waals surface area contributed by atoms with Crippen LogP contribution in [0.2, 0.25) is 0 Å². The van der Waals surface area contributed by atoms with Crippen molar-refractivity contribution in [3.8, 4) is 0 Å². The van der Waals surface area contributed by atoms with Gasteiger partial charge in [-0.3, -0.25) is 13.9 Å². The van der Waals surface area contributed by atoms with Gasteiger partial charge in [0.2, 0.25) is 0 Å². The van der Waals surface area contributed by atoms with E-state index in [4.69, 9.17) is 5.73 Å². The molecule has 2 aromatic rings. The third-order valence-corrected chi connectivity index (χ3v) is 6.63. The standard InChI is InChI=1S/C18H23FN4O2S/c19-11-9-15-16(21-10-11)22(14-5-7-26-8-6-14)18(25)23(17(15)24)13-3-1-12(20)2-4-13/h9-10,12-14H,1-8,20H2/t12-,13+. The third kappa shape index (κ3) is 3.09. The summed E-state index contributed by atoms with van der Waals surface area (Å²) in [6.07, 6.45) is 5.76. The lowest BCUT2D eigenvalue weighted by Crippen LogP contribution is -2.45. The quantitative estimate of drug-likeness (QED) is 0.866. The Morgan fingerprint density at radius 1 is 1.04 bits per heavy atom. The molecule has 1 saturated heterocycles. The molecular weight excluding hydrogens is 355 g/mol. The highest BCUT2D eigenvalue weighted by Gasteiger charge is 2.28. The van der Waals surface area contributed by atoms with E-state index in [2.05, 4.69) is 4.98 Å². The van der Waals surface area contributed by atoms with Gasteiger partial charge in [0.05, 0.1) is 11.6 Å². The van der Waals surface area contributed by atoms with Crippen LogP contribution in [0.4, 0.5) is 4.39 Å². The predicted octanol–water partition coefficient (Wildman–Crippen LogP) is 2.21. The van der Waals surface area contributed by atoms with Gasteiger partial charge in [-0.25, -0.2) is 14.2 Å². The van der Waals surface area contributed by atoms with Gasteiger partial charge < -0.3 is 5.73 Å². The van der Waals surface area contributed by atoms with Crippen LogP contribution in [0.15, 0.2) is 21.9 Å². The zero-order valence-electron chi connectivity index (χ0n) is 14.6. The molecule has 140 valence electrons. The molecule has 0 atom stereocenters. The first kappa shape index (κ1) is 17.7. The second kappa shape index (κ2) is 7.15. The highest BCUT2D eigenvalue weighted by atomic mass is 32.2. The molecule has 2 N–H and O–H groups in total. The molecular formula is C18H23FN4O2S. The molecule has 1 aliphatic carbocycles. The average molecular weight is 378 g/mol. The zero-order valence-corrected chi connectivity index (χ0v) is 15.4. The molecule has 1 saturated carbocycles. The van der Waals surface area contributed by atoms with Crippen molar-refractivity contribution in [3.05, 3.63) is 38.9 Å². The third-order valence-electron chi connectivity index (χ3n) is 5.59. The van der Waals surface area contributed by atoms with E-state index in [1.54, 1.807) is 4.57 Å². The van der Waals surface area contributed by atoms with Crippen molar-refractivity contribution in [1.29, 1.82) is 0 Å². The number of rotatable bonds is 2. The van der Waals surface area contributed by atoms with Gasteiger partial charge in [-0.15, -0.1) is 0 Å². The topological polar surface area (TPSA) is 82.9 Å². The summed E-state index contributed by atoms with van der Waals surface area (Å²) < 4.78 is 16.8. The molecule has 0 bridgehead atoms. The first-order valence-electron chi connectivity index (χ1n) is 9.22. The van der Waals surface area contributed by atoms with Crippen LogP contribution in [0, 0.1) is 5.82 Å². The van der Waals surface area contributed by atoms with Crippen molar-refractivity contribution in [2.24, 2.45) is 5.73 Å². The maximum Gasteiger partial charge on any atom is 0.333 e. The number of thioether (sulfide) groups is 1. The summed E-state index contributed by atoms with van der Waals surface area (Å²) in [4.78, 5) is 30.5. The van der Waals surface area contributed by atoms with Gasteiger partial charge in [0.1, 0.15) is 11.5 Å². The number of fused-ring (bicyclic) bond motifs is 1. The first-order valence-corrected chi connectivity index (χ1v) is 10.4. The summed E-state index contributed by atoms with van der Waals surface area (Å²) in [7, 11) is 0. The van der Waals surface area contributed by atoms with Gasteiger partial charge in [0, 0.05) is 18.1 Å². The van der Waals surface area contributed by atoms with Crippen molar-refractivity contribution in [2.75, 3.05) is 11.5 Å². The van der Waals surface area contributed by atoms with Crippen molar-refractivity contribution < 1.29 is 4.39 Å². The molecule has 2 fully saturated rings. The summed E-state index contributed by atoms with van der Waals surface area (Å²) in [6.45, 7) is 0. The lowest BCUT2D eigenvalue weighted by atomic mass is 9.91. The molecule has 0 aromatic carbocycles. The van der Waals surface area contributed by atoms with Gasteiger partial charge in [-0.05, 0) is 56.1 Å². The number of hydrogen-bond donors (Lipinski definition) is 1. The van der Waals surface area contributed by atoms with Crippen LogP contribution in [-0.2, 0) is 0 Å². The van der Waals surface area contributed by atoms with E-state index in [0.717, 1.165) is 43.4 Å². The predicted molar refractivity (Wildman–Crippen MR) is 101 cm³/mol. The molecule has 4 rings (SSSR count). The molecule has 2 aromatic heterocycles. The van der Waals surface area contributed by atoms with Gasteiger partial charge in [0.15, 0.2) is 0 Å². The van der Waals surface area contributed by atoms with E-state index >= 15 is 0 Å². The second-order valence-electron chi connectivity index (χ2n) is 7.26. The summed E-state index contributed by atoms with van der Waals surface area (Å²) in [5.41, 5.74) is 5.55. The average Bonchev–Trinajstić information content (AvgIpc) is 2.65. The molecule has 0 radical (unpaired) electrons. The summed E-state index contributed by atoms with van der Waals surface area (Å²) >= 11 is 1.86. The Labute approximate surface area is 154 Å². The van der Waals surface area contributed by atoms with Crippen LogP contribution in [0.25, 0.3) is 11.0 Å². The maximum absolute atomic E-state index is 13.8. The van der Waals surface area contributed by atoms with E-state index in [9.17, 15) is 14.0 Å². The summed E-state index contributed by atoms with van der Waals surface area (Å²) in [5.74, 6) is 1.38. The van der Waals surface area contributed by atoms with Crippen molar-refractivity contribution in [2.45, 2.75) is 56.7 Å². The number of nitrogens with zero attached hydrogens (tertiary/aromatic N) is 3. The number of hydrogen-bond acceptors (Lipinski definition) is 5. The number of pyridine rings is 1. The minimum absolute atomic E-state index is 0.00177. The van der Waals surface area contributed by atoms with Crippen LogP contribution in [-0.4, -0.2) is 31.7 Å². The van der Waals surface area contributed by atoms with Crippen LogP contribution in [0.3, 0.4) is 0 Å². The largest absolute Gasteiger partial charge is 0.333 e. The first-order chi connectivity index (χ1) is 12.6. The molecule has 0 spiro atoms. The zero-order chi connectivity index (χ0) is 18.3. The molecule has 2 aliphatic rings. The Morgan fingerprint density at radius 3 is 2.38 bits per heavy atom. The van der Waals surface area contributed by atoms with E-state index in [1.165, 1.54) is 10.6 Å². The van der Waals surface area contributed by atoms with Crippen LogP contribution in [0.5, 0.6) is 0 Å². The van der Waals surface area contributed by atoms with Crippen LogP contribution in [0.1, 0.15) is 50.6 Å². The monoisotopic (exact) mass is 378 g/mol. The van der Waals surface area contributed by atoms with Crippen molar-refractivity contribution in [1.82, 2.24) is 14.1 Å². The fourth-order valence-corrected chi connectivity index (χ4v) is 5.24. The highest BCUT2D eigenvalue weighted by Crippen LogP contribution is 2.29. The van der Waals surface area contributed by atoms with Gasteiger partial charge in [0.25, 0.3) is 5.56 Å². The Morgan fingerprint density at radius 2 is 1.69 bits per heavy atom. The van der Waals surface area contributed by atoms with E-state index in [0.29, 0.717) is 18.5 Å². The molecule has 0 unspecified atom stereocenters. The molecule has 6 nitrogen and oxygen atoms in total. The fraction of sp³-hybridized carbons (Fsp3) is 0.611. The maximum atomic E-state index is 13.8. The molecule has 8 heteroatoms. The van der Waals surface area contributed by atoms with Gasteiger partial charge in [-0.2, -0.15) is 11.8 Å². The highest BCUT2D eigenvalue weighted by molar-refractivity contribution is 7.99.